The number of nitrogens with one attached hydrogen (secondary N) is 2. The molecule has 4 bridgehead atoms. The Hall–Kier alpha value is -1.10. The van der Waals surface area contributed by atoms with Gasteiger partial charge in [-0.15, -0.1) is 0 Å². The number of allylic oxidation sites excluding steroid dienone is 2. The molecule has 1 aliphatic heterocycles. The number of amides is 1. The summed E-state index contributed by atoms with van der Waals surface area (Å²) in [7, 11) is 0. The van der Waals surface area contributed by atoms with Crippen LogP contribution in [0.1, 0.15) is 89.9 Å². The molecule has 0 aromatic rings. The fourth-order valence-corrected chi connectivity index (χ4v) is 7.85. The first-order valence-corrected chi connectivity index (χ1v) is 12.6. The molecular formula is C24H37N3OS. The van der Waals surface area contributed by atoms with Crippen molar-refractivity contribution in [1.82, 2.24) is 15.5 Å². The summed E-state index contributed by atoms with van der Waals surface area (Å²) in [5.41, 5.74) is 3.21. The summed E-state index contributed by atoms with van der Waals surface area (Å²) >= 11 is 5.64. The van der Waals surface area contributed by atoms with Gasteiger partial charge in [-0.3, -0.25) is 4.79 Å². The van der Waals surface area contributed by atoms with E-state index in [1.165, 1.54) is 69.9 Å². The number of hydrogen-bond acceptors (Lipinski definition) is 2. The molecule has 0 atom stereocenters. The normalized spacial score (nSPS) is 35.4. The summed E-state index contributed by atoms with van der Waals surface area (Å²) in [6.07, 6.45) is 17.0. The molecule has 0 aromatic heterocycles. The van der Waals surface area contributed by atoms with E-state index in [0.29, 0.717) is 12.3 Å². The summed E-state index contributed by atoms with van der Waals surface area (Å²) < 4.78 is 0. The van der Waals surface area contributed by atoms with Gasteiger partial charge in [-0.1, -0.05) is 5.57 Å². The minimum Gasteiger partial charge on any atom is -0.363 e. The first kappa shape index (κ1) is 19.8. The lowest BCUT2D eigenvalue weighted by Crippen LogP contribution is -2.61. The molecule has 0 spiro atoms. The van der Waals surface area contributed by atoms with Crippen molar-refractivity contribution in [3.63, 3.8) is 0 Å². The van der Waals surface area contributed by atoms with Crippen LogP contribution in [0.2, 0.25) is 0 Å². The Morgan fingerprint density at radius 1 is 1.00 bits per heavy atom. The maximum absolute atomic E-state index is 12.8. The summed E-state index contributed by atoms with van der Waals surface area (Å²) in [4.78, 5) is 14.9. The van der Waals surface area contributed by atoms with Crippen molar-refractivity contribution >= 4 is 23.2 Å². The van der Waals surface area contributed by atoms with Gasteiger partial charge in [-0.2, -0.15) is 0 Å². The lowest BCUT2D eigenvalue weighted by molar-refractivity contribution is -0.130. The maximum Gasteiger partial charge on any atom is 0.226 e. The number of hydrogen-bond donors (Lipinski definition) is 2. The number of nitrogens with zero attached hydrogens (tertiary/aromatic N) is 1. The first-order valence-electron chi connectivity index (χ1n) is 12.2. The third-order valence-corrected chi connectivity index (χ3v) is 8.55. The number of thiocarbonyl (C=S) groups is 1. The number of carbonyl (C=O) groups excluding carboxylic acids is 1. The van der Waals surface area contributed by atoms with Crippen LogP contribution in [0.5, 0.6) is 0 Å². The molecule has 5 aliphatic carbocycles. The minimum atomic E-state index is 0.270. The maximum atomic E-state index is 12.8. The molecule has 0 unspecified atom stereocenters. The van der Waals surface area contributed by atoms with E-state index in [1.54, 1.807) is 5.57 Å². The van der Waals surface area contributed by atoms with Gasteiger partial charge in [0.1, 0.15) is 0 Å². The molecular weight excluding hydrogens is 378 g/mol. The zero-order chi connectivity index (χ0) is 19.8. The van der Waals surface area contributed by atoms with E-state index in [2.05, 4.69) is 15.5 Å². The molecule has 0 radical (unpaired) electrons. The van der Waals surface area contributed by atoms with Crippen molar-refractivity contribution in [3.8, 4) is 0 Å². The van der Waals surface area contributed by atoms with E-state index in [1.807, 2.05) is 0 Å². The Kier molecular flexibility index (Phi) is 5.61. The highest BCUT2D eigenvalue weighted by atomic mass is 32.1. The third kappa shape index (κ3) is 4.22. The first-order chi connectivity index (χ1) is 14.1. The van der Waals surface area contributed by atoms with Crippen LogP contribution in [-0.4, -0.2) is 34.5 Å². The van der Waals surface area contributed by atoms with Crippen molar-refractivity contribution in [1.29, 1.82) is 0 Å². The number of rotatable bonds is 5. The highest BCUT2D eigenvalue weighted by Gasteiger charge is 2.51. The molecule has 160 valence electrons. The molecule has 2 N–H and O–H groups in total. The Morgan fingerprint density at radius 3 is 2.38 bits per heavy atom. The molecule has 1 heterocycles. The van der Waals surface area contributed by atoms with E-state index in [9.17, 15) is 4.79 Å². The van der Waals surface area contributed by atoms with Crippen LogP contribution < -0.4 is 10.6 Å². The highest BCUT2D eigenvalue weighted by Crippen LogP contribution is 2.55. The summed E-state index contributed by atoms with van der Waals surface area (Å²) in [5, 5.41) is 7.96. The largest absolute Gasteiger partial charge is 0.363 e. The van der Waals surface area contributed by atoms with Gasteiger partial charge in [0.05, 0.1) is 0 Å². The van der Waals surface area contributed by atoms with E-state index >= 15 is 0 Å². The van der Waals surface area contributed by atoms with E-state index in [4.69, 9.17) is 12.2 Å². The van der Waals surface area contributed by atoms with Crippen LogP contribution in [0.3, 0.4) is 0 Å². The van der Waals surface area contributed by atoms with Crippen molar-refractivity contribution in [2.75, 3.05) is 13.1 Å². The third-order valence-electron chi connectivity index (χ3n) is 8.31. The van der Waals surface area contributed by atoms with Gasteiger partial charge in [-0.05, 0) is 113 Å². The van der Waals surface area contributed by atoms with Gasteiger partial charge in [0, 0.05) is 30.7 Å². The van der Waals surface area contributed by atoms with Crippen molar-refractivity contribution in [3.05, 3.63) is 11.3 Å². The summed E-state index contributed by atoms with van der Waals surface area (Å²) in [6, 6.07) is 0. The van der Waals surface area contributed by atoms with Crippen LogP contribution in [0.25, 0.3) is 0 Å². The van der Waals surface area contributed by atoms with Gasteiger partial charge in [-0.25, -0.2) is 0 Å². The zero-order valence-electron chi connectivity index (χ0n) is 17.8. The van der Waals surface area contributed by atoms with Crippen molar-refractivity contribution in [2.24, 2.45) is 17.8 Å². The standard InChI is InChI=1S/C24H37N3OS/c28-22(27-10-4-6-20-5-1-2-7-21(20)27)8-3-9-25-23(29)26-24-14-17-11-18(15-24)13-19(12-17)16-24/h17-19H,1-16H2,(H2,25,26,29). The second-order valence-corrected chi connectivity index (χ2v) is 11.0. The predicted octanol–water partition coefficient (Wildman–Crippen LogP) is 4.65. The second-order valence-electron chi connectivity index (χ2n) is 10.6. The van der Waals surface area contributed by atoms with Crippen LogP contribution in [-0.2, 0) is 4.79 Å². The molecule has 0 saturated heterocycles. The van der Waals surface area contributed by atoms with E-state index < -0.39 is 0 Å². The molecule has 4 fully saturated rings. The van der Waals surface area contributed by atoms with Crippen LogP contribution in [0, 0.1) is 17.8 Å². The number of carbonyl (C=O) groups is 1. The quantitative estimate of drug-likeness (QED) is 0.507. The highest BCUT2D eigenvalue weighted by molar-refractivity contribution is 7.80. The molecule has 0 aromatic carbocycles. The van der Waals surface area contributed by atoms with Gasteiger partial charge in [0.25, 0.3) is 0 Å². The van der Waals surface area contributed by atoms with Crippen LogP contribution in [0.15, 0.2) is 11.3 Å². The molecule has 6 rings (SSSR count). The fraction of sp³-hybridized carbons (Fsp3) is 0.833. The van der Waals surface area contributed by atoms with Crippen LogP contribution in [0.4, 0.5) is 0 Å². The Bertz CT molecular complexity index is 661. The molecule has 29 heavy (non-hydrogen) atoms. The van der Waals surface area contributed by atoms with Crippen molar-refractivity contribution < 1.29 is 4.79 Å². The fourth-order valence-electron chi connectivity index (χ4n) is 7.53. The van der Waals surface area contributed by atoms with Gasteiger partial charge < -0.3 is 15.5 Å². The molecule has 4 saturated carbocycles. The molecule has 5 heteroatoms. The van der Waals surface area contributed by atoms with Gasteiger partial charge in [0.15, 0.2) is 5.11 Å². The average molecular weight is 416 g/mol. The Balaban J connectivity index is 1.06. The summed E-state index contributed by atoms with van der Waals surface area (Å²) in [5.74, 6) is 3.11. The van der Waals surface area contributed by atoms with Gasteiger partial charge >= 0.3 is 0 Å². The monoisotopic (exact) mass is 415 g/mol. The zero-order valence-corrected chi connectivity index (χ0v) is 18.6. The molecule has 1 amide bonds. The molecule has 4 nitrogen and oxygen atoms in total. The van der Waals surface area contributed by atoms with E-state index in [-0.39, 0.29) is 5.54 Å². The second kappa shape index (κ2) is 8.20. The van der Waals surface area contributed by atoms with Crippen molar-refractivity contribution in [2.45, 2.75) is 95.4 Å². The Labute approximate surface area is 181 Å². The predicted molar refractivity (Wildman–Crippen MR) is 120 cm³/mol. The lowest BCUT2D eigenvalue weighted by Gasteiger charge is -2.57. The smallest absolute Gasteiger partial charge is 0.226 e. The SMILES string of the molecule is O=C(CCCNC(=S)NC12CC3CC(CC(C3)C1)C2)N1CCCC2=C1CCCC2. The molecule has 6 aliphatic rings. The van der Waals surface area contributed by atoms with Crippen LogP contribution >= 0.6 is 12.2 Å². The topological polar surface area (TPSA) is 44.4 Å². The van der Waals surface area contributed by atoms with Gasteiger partial charge in [0.2, 0.25) is 5.91 Å². The summed E-state index contributed by atoms with van der Waals surface area (Å²) in [6.45, 7) is 1.72. The average Bonchev–Trinajstić information content (AvgIpc) is 2.69. The van der Waals surface area contributed by atoms with E-state index in [0.717, 1.165) is 55.2 Å². The minimum absolute atomic E-state index is 0.270. The lowest BCUT2D eigenvalue weighted by atomic mass is 9.53. The Morgan fingerprint density at radius 2 is 1.66 bits per heavy atom.